The van der Waals surface area contributed by atoms with Gasteiger partial charge in [0.25, 0.3) is 0 Å². The fourth-order valence-corrected chi connectivity index (χ4v) is 2.09. The Hall–Kier alpha value is -2.43. The summed E-state index contributed by atoms with van der Waals surface area (Å²) in [4.78, 5) is 21.3. The standard InChI is InChI=1S/C16H17NO4/c1-2-12-5-6-14-11-15(8-7-13(14)10-12)21-16(18)4-3-9-17(19)20/h5-8,10-11H,2-4,9H2,1H3. The van der Waals surface area contributed by atoms with Crippen LogP contribution in [0.3, 0.4) is 0 Å². The van der Waals surface area contributed by atoms with Crippen LogP contribution in [0.25, 0.3) is 10.8 Å². The van der Waals surface area contributed by atoms with Crippen molar-refractivity contribution < 1.29 is 14.5 Å². The fraction of sp³-hybridized carbons (Fsp3) is 0.312. The minimum absolute atomic E-state index is 0.0494. The largest absolute Gasteiger partial charge is 0.427 e. The third-order valence-corrected chi connectivity index (χ3v) is 3.24. The summed E-state index contributed by atoms with van der Waals surface area (Å²) in [5.74, 6) is 0.0271. The first-order valence-corrected chi connectivity index (χ1v) is 6.93. The molecule has 0 aliphatic rings. The molecule has 0 heterocycles. The van der Waals surface area contributed by atoms with Crippen LogP contribution in [0, 0.1) is 10.1 Å². The third-order valence-electron chi connectivity index (χ3n) is 3.24. The maximum Gasteiger partial charge on any atom is 0.311 e. The Balaban J connectivity index is 2.02. The lowest BCUT2D eigenvalue weighted by Crippen LogP contribution is -2.10. The second kappa shape index (κ2) is 6.83. The number of rotatable bonds is 6. The van der Waals surface area contributed by atoms with Gasteiger partial charge in [-0.15, -0.1) is 0 Å². The van der Waals surface area contributed by atoms with Gasteiger partial charge in [-0.05, 0) is 34.9 Å². The van der Waals surface area contributed by atoms with Crippen LogP contribution in [0.15, 0.2) is 36.4 Å². The molecule has 0 saturated heterocycles. The van der Waals surface area contributed by atoms with E-state index in [9.17, 15) is 14.9 Å². The molecule has 2 rings (SSSR count). The second-order valence-electron chi connectivity index (χ2n) is 4.83. The van der Waals surface area contributed by atoms with Crippen LogP contribution < -0.4 is 4.74 Å². The Morgan fingerprint density at radius 1 is 1.19 bits per heavy atom. The Morgan fingerprint density at radius 3 is 2.62 bits per heavy atom. The number of aryl methyl sites for hydroxylation is 1. The molecule has 5 heteroatoms. The first-order valence-electron chi connectivity index (χ1n) is 6.93. The maximum atomic E-state index is 11.6. The normalized spacial score (nSPS) is 10.5. The summed E-state index contributed by atoms with van der Waals surface area (Å²) in [6.07, 6.45) is 1.22. The lowest BCUT2D eigenvalue weighted by molar-refractivity contribution is -0.480. The van der Waals surface area contributed by atoms with Gasteiger partial charge in [0, 0.05) is 11.3 Å². The van der Waals surface area contributed by atoms with Gasteiger partial charge < -0.3 is 4.74 Å². The minimum Gasteiger partial charge on any atom is -0.427 e. The predicted octanol–water partition coefficient (Wildman–Crippen LogP) is 3.36. The topological polar surface area (TPSA) is 69.4 Å². The van der Waals surface area contributed by atoms with Crippen molar-refractivity contribution in [3.8, 4) is 5.75 Å². The van der Waals surface area contributed by atoms with Gasteiger partial charge in [-0.25, -0.2) is 0 Å². The molecule has 110 valence electrons. The summed E-state index contributed by atoms with van der Waals surface area (Å²) in [7, 11) is 0. The monoisotopic (exact) mass is 287 g/mol. The van der Waals surface area contributed by atoms with Gasteiger partial charge in [0.1, 0.15) is 5.75 Å². The number of nitrogens with zero attached hydrogens (tertiary/aromatic N) is 1. The average molecular weight is 287 g/mol. The number of ether oxygens (including phenoxy) is 1. The average Bonchev–Trinajstić information content (AvgIpc) is 2.46. The molecule has 0 fully saturated rings. The van der Waals surface area contributed by atoms with Crippen LogP contribution in [0.1, 0.15) is 25.3 Å². The van der Waals surface area contributed by atoms with E-state index < -0.39 is 10.9 Å². The molecule has 0 saturated carbocycles. The van der Waals surface area contributed by atoms with Gasteiger partial charge in [0.05, 0.1) is 6.42 Å². The summed E-state index contributed by atoms with van der Waals surface area (Å²) in [5.41, 5.74) is 1.26. The van der Waals surface area contributed by atoms with Crippen molar-refractivity contribution in [2.24, 2.45) is 0 Å². The van der Waals surface area contributed by atoms with Gasteiger partial charge in [-0.2, -0.15) is 0 Å². The number of hydrogen-bond acceptors (Lipinski definition) is 4. The van der Waals surface area contributed by atoms with E-state index in [4.69, 9.17) is 4.74 Å². The van der Waals surface area contributed by atoms with Crippen molar-refractivity contribution in [2.45, 2.75) is 26.2 Å². The number of fused-ring (bicyclic) bond motifs is 1. The lowest BCUT2D eigenvalue weighted by atomic mass is 10.1. The first kappa shape index (κ1) is 15.0. The molecule has 0 amide bonds. The van der Waals surface area contributed by atoms with Crippen molar-refractivity contribution >= 4 is 16.7 Å². The first-order chi connectivity index (χ1) is 10.1. The van der Waals surface area contributed by atoms with Crippen molar-refractivity contribution in [2.75, 3.05) is 6.54 Å². The van der Waals surface area contributed by atoms with Gasteiger partial charge in [0.2, 0.25) is 6.54 Å². The van der Waals surface area contributed by atoms with Crippen LogP contribution in [0.5, 0.6) is 5.75 Å². The highest BCUT2D eigenvalue weighted by Crippen LogP contribution is 2.22. The van der Waals surface area contributed by atoms with E-state index in [0.717, 1.165) is 17.2 Å². The molecular weight excluding hydrogens is 270 g/mol. The van der Waals surface area contributed by atoms with E-state index in [1.165, 1.54) is 5.56 Å². The van der Waals surface area contributed by atoms with E-state index >= 15 is 0 Å². The zero-order valence-corrected chi connectivity index (χ0v) is 11.9. The van der Waals surface area contributed by atoms with Gasteiger partial charge in [-0.3, -0.25) is 14.9 Å². The Kier molecular flexibility index (Phi) is 4.87. The predicted molar refractivity (Wildman–Crippen MR) is 80.1 cm³/mol. The van der Waals surface area contributed by atoms with Crippen molar-refractivity contribution in [3.63, 3.8) is 0 Å². The van der Waals surface area contributed by atoms with Crippen molar-refractivity contribution in [1.29, 1.82) is 0 Å². The van der Waals surface area contributed by atoms with Crippen LogP contribution in [0.2, 0.25) is 0 Å². The molecule has 0 atom stereocenters. The molecule has 5 nitrogen and oxygen atoms in total. The minimum atomic E-state index is -0.443. The number of carbonyl (C=O) groups excluding carboxylic acids is 1. The quantitative estimate of drug-likeness (QED) is 0.353. The highest BCUT2D eigenvalue weighted by Gasteiger charge is 2.08. The summed E-state index contributed by atoms with van der Waals surface area (Å²) in [5, 5.41) is 12.3. The molecule has 0 unspecified atom stereocenters. The van der Waals surface area contributed by atoms with Crippen molar-refractivity contribution in [3.05, 3.63) is 52.1 Å². The van der Waals surface area contributed by atoms with E-state index in [1.54, 1.807) is 12.1 Å². The van der Waals surface area contributed by atoms with Crippen LogP contribution in [-0.2, 0) is 11.2 Å². The zero-order chi connectivity index (χ0) is 15.2. The number of benzene rings is 2. The molecule has 0 N–H and O–H groups in total. The SMILES string of the molecule is CCc1ccc2cc(OC(=O)CCC[N+](=O)[O-])ccc2c1. The van der Waals surface area contributed by atoms with Crippen LogP contribution >= 0.6 is 0 Å². The third kappa shape index (κ3) is 4.27. The Labute approximate surface area is 122 Å². The number of hydrogen-bond donors (Lipinski definition) is 0. The van der Waals surface area contributed by atoms with E-state index in [2.05, 4.69) is 13.0 Å². The smallest absolute Gasteiger partial charge is 0.311 e. The lowest BCUT2D eigenvalue weighted by Gasteiger charge is -2.06. The molecule has 2 aromatic rings. The number of nitro groups is 1. The fourth-order valence-electron chi connectivity index (χ4n) is 2.09. The van der Waals surface area contributed by atoms with E-state index in [0.29, 0.717) is 5.75 Å². The van der Waals surface area contributed by atoms with Gasteiger partial charge in [-0.1, -0.05) is 31.2 Å². The Bertz CT molecular complexity index is 666. The van der Waals surface area contributed by atoms with E-state index in [-0.39, 0.29) is 19.4 Å². The summed E-state index contributed by atoms with van der Waals surface area (Å²) >= 11 is 0. The number of carbonyl (C=O) groups is 1. The molecule has 21 heavy (non-hydrogen) atoms. The highest BCUT2D eigenvalue weighted by molar-refractivity contribution is 5.85. The molecule has 0 aromatic heterocycles. The van der Waals surface area contributed by atoms with Crippen LogP contribution in [-0.4, -0.2) is 17.4 Å². The molecular formula is C16H17NO4. The summed E-state index contributed by atoms with van der Waals surface area (Å²) < 4.78 is 5.20. The summed E-state index contributed by atoms with van der Waals surface area (Å²) in [6, 6.07) is 11.6. The molecule has 0 aliphatic carbocycles. The van der Waals surface area contributed by atoms with Crippen LogP contribution in [0.4, 0.5) is 0 Å². The second-order valence-corrected chi connectivity index (χ2v) is 4.83. The van der Waals surface area contributed by atoms with Gasteiger partial charge in [0.15, 0.2) is 0 Å². The number of esters is 1. The molecule has 2 aromatic carbocycles. The van der Waals surface area contributed by atoms with E-state index in [1.807, 2.05) is 18.2 Å². The Morgan fingerprint density at radius 2 is 1.90 bits per heavy atom. The molecule has 0 radical (unpaired) electrons. The molecule has 0 aliphatic heterocycles. The molecule has 0 bridgehead atoms. The maximum absolute atomic E-state index is 11.6. The summed E-state index contributed by atoms with van der Waals surface area (Å²) in [6.45, 7) is 1.88. The molecule has 0 spiro atoms. The highest BCUT2D eigenvalue weighted by atomic mass is 16.6. The van der Waals surface area contributed by atoms with Crippen molar-refractivity contribution in [1.82, 2.24) is 0 Å². The van der Waals surface area contributed by atoms with Gasteiger partial charge >= 0.3 is 5.97 Å². The zero-order valence-electron chi connectivity index (χ0n) is 11.9.